The monoisotopic (exact) mass is 472 g/mol. The molecular formula is C24H17ClN6O3. The molecule has 0 unspecified atom stereocenters. The molecule has 0 radical (unpaired) electrons. The summed E-state index contributed by atoms with van der Waals surface area (Å²) in [6.07, 6.45) is -1.08. The molecule has 168 valence electrons. The number of nitrogens with one attached hydrogen (secondary N) is 1. The normalized spacial score (nSPS) is 10.4. The van der Waals surface area contributed by atoms with Crippen LogP contribution in [-0.2, 0) is 0 Å². The number of nitrogens with zero attached hydrogens (tertiary/aromatic N) is 5. The van der Waals surface area contributed by atoms with Crippen molar-refractivity contribution in [1.82, 2.24) is 19.6 Å². The first-order chi connectivity index (χ1) is 16.4. The summed E-state index contributed by atoms with van der Waals surface area (Å²) in [7, 11) is 1.40. The molecule has 3 aromatic carbocycles. The molecule has 0 aliphatic carbocycles. The van der Waals surface area contributed by atoms with Gasteiger partial charge in [0.05, 0.1) is 21.8 Å². The molecule has 0 bridgehead atoms. The van der Waals surface area contributed by atoms with Crippen LogP contribution in [0.1, 0.15) is 5.56 Å². The highest BCUT2D eigenvalue weighted by Gasteiger charge is 2.14. The van der Waals surface area contributed by atoms with Gasteiger partial charge in [0.15, 0.2) is 11.5 Å². The smallest absolute Gasteiger partial charge is 0.411 e. The molecule has 5 aromatic rings. The molecule has 0 spiro atoms. The molecule has 0 atom stereocenters. The molecule has 0 saturated carbocycles. The van der Waals surface area contributed by atoms with Crippen LogP contribution in [0.3, 0.4) is 0 Å². The number of para-hydroxylation sites is 2. The molecule has 1 amide bonds. The van der Waals surface area contributed by atoms with Crippen LogP contribution in [0.25, 0.3) is 27.9 Å². The lowest BCUT2D eigenvalue weighted by atomic mass is 10.2. The van der Waals surface area contributed by atoms with Crippen molar-refractivity contribution in [2.45, 2.75) is 0 Å². The quantitative estimate of drug-likeness (QED) is 0.387. The number of amides is 1. The van der Waals surface area contributed by atoms with Gasteiger partial charge >= 0.3 is 11.8 Å². The molecule has 2 N–H and O–H groups in total. The van der Waals surface area contributed by atoms with E-state index in [9.17, 15) is 9.59 Å². The number of halogens is 1. The van der Waals surface area contributed by atoms with E-state index in [-0.39, 0.29) is 5.69 Å². The van der Waals surface area contributed by atoms with Gasteiger partial charge in [-0.25, -0.2) is 14.6 Å². The summed E-state index contributed by atoms with van der Waals surface area (Å²) in [5.74, 6) is 0.433. The second-order valence-corrected chi connectivity index (χ2v) is 7.50. The second-order valence-electron chi connectivity index (χ2n) is 7.10. The van der Waals surface area contributed by atoms with E-state index in [4.69, 9.17) is 22.0 Å². The van der Waals surface area contributed by atoms with Gasteiger partial charge in [0.25, 0.3) is 0 Å². The molecule has 0 aliphatic rings. The van der Waals surface area contributed by atoms with Gasteiger partial charge in [0, 0.05) is 18.0 Å². The molecule has 0 saturated heterocycles. The third-order valence-electron chi connectivity index (χ3n) is 5.00. The number of fused-ring (bicyclic) bond motifs is 3. The highest BCUT2D eigenvalue weighted by atomic mass is 35.5. The predicted octanol–water partition coefficient (Wildman–Crippen LogP) is 4.56. The summed E-state index contributed by atoms with van der Waals surface area (Å²) in [6.45, 7) is 0. The summed E-state index contributed by atoms with van der Waals surface area (Å²) in [6, 6.07) is 23.2. The standard InChI is InChI=1S/C15H9ClN4O.C9H8N2O2/c16-11-7-3-1-5-9(11)13-18-14-10-6-2-4-8-12(10)17-15(21)20(14)19-13;1-11(9(12)13)8-5-3-2-4-7(8)6-10/h1-8H,(H,17,21);2-5H,1H3,(H,12,13). The summed E-state index contributed by atoms with van der Waals surface area (Å²) >= 11 is 6.17. The third kappa shape index (κ3) is 4.30. The van der Waals surface area contributed by atoms with Gasteiger partial charge in [-0.05, 0) is 36.4 Å². The van der Waals surface area contributed by atoms with Crippen molar-refractivity contribution in [3.63, 3.8) is 0 Å². The zero-order valence-electron chi connectivity index (χ0n) is 17.8. The molecule has 0 aliphatic heterocycles. The fourth-order valence-electron chi connectivity index (χ4n) is 3.30. The number of carboxylic acid groups (broad SMARTS) is 1. The Balaban J connectivity index is 0.000000182. The Bertz CT molecular complexity index is 1620. The lowest BCUT2D eigenvalue weighted by Crippen LogP contribution is -2.24. The van der Waals surface area contributed by atoms with Crippen molar-refractivity contribution < 1.29 is 9.90 Å². The Morgan fingerprint density at radius 1 is 1.09 bits per heavy atom. The van der Waals surface area contributed by atoms with E-state index in [0.717, 1.165) is 15.8 Å². The van der Waals surface area contributed by atoms with Gasteiger partial charge < -0.3 is 10.1 Å². The SMILES string of the molecule is CN(C(=O)O)c1ccccc1C#N.O=c1[nH]c2ccccc2c2nc(-c3ccccc3Cl)nn12. The van der Waals surface area contributed by atoms with Crippen LogP contribution in [0.4, 0.5) is 10.5 Å². The van der Waals surface area contributed by atoms with Gasteiger partial charge in [-0.3, -0.25) is 4.90 Å². The topological polar surface area (TPSA) is 127 Å². The van der Waals surface area contributed by atoms with Gasteiger partial charge in [0.1, 0.15) is 6.07 Å². The Morgan fingerprint density at radius 2 is 1.76 bits per heavy atom. The van der Waals surface area contributed by atoms with E-state index in [1.54, 1.807) is 30.3 Å². The Kier molecular flexibility index (Phi) is 6.25. The van der Waals surface area contributed by atoms with E-state index in [0.29, 0.717) is 33.3 Å². The molecule has 34 heavy (non-hydrogen) atoms. The van der Waals surface area contributed by atoms with E-state index in [1.807, 2.05) is 48.5 Å². The van der Waals surface area contributed by atoms with Crippen molar-refractivity contribution in [2.75, 3.05) is 11.9 Å². The Hall–Kier alpha value is -4.68. The molecule has 0 fully saturated rings. The zero-order chi connectivity index (χ0) is 24.2. The number of hydrogen-bond donors (Lipinski definition) is 2. The number of H-pyrrole nitrogens is 1. The minimum atomic E-state index is -1.08. The van der Waals surface area contributed by atoms with Crippen molar-refractivity contribution in [3.05, 3.63) is 93.9 Å². The highest BCUT2D eigenvalue weighted by molar-refractivity contribution is 6.33. The van der Waals surface area contributed by atoms with Gasteiger partial charge in [0.2, 0.25) is 0 Å². The number of anilines is 1. The molecular weight excluding hydrogens is 456 g/mol. The average molecular weight is 473 g/mol. The second kappa shape index (κ2) is 9.44. The summed E-state index contributed by atoms with van der Waals surface area (Å²) in [4.78, 5) is 31.0. The van der Waals surface area contributed by atoms with Crippen LogP contribution in [0.15, 0.2) is 77.6 Å². The number of aromatic amines is 1. The number of aromatic nitrogens is 4. The molecule has 2 heterocycles. The maximum absolute atomic E-state index is 12.1. The van der Waals surface area contributed by atoms with Crippen LogP contribution in [-0.4, -0.2) is 37.8 Å². The number of nitriles is 1. The van der Waals surface area contributed by atoms with E-state index < -0.39 is 6.09 Å². The minimum absolute atomic E-state index is 0.325. The molecule has 9 nitrogen and oxygen atoms in total. The number of rotatable bonds is 2. The van der Waals surface area contributed by atoms with E-state index in [2.05, 4.69) is 15.1 Å². The van der Waals surface area contributed by atoms with Crippen LogP contribution in [0, 0.1) is 11.3 Å². The maximum Gasteiger partial charge on any atom is 0.411 e. The predicted molar refractivity (Wildman–Crippen MR) is 129 cm³/mol. The van der Waals surface area contributed by atoms with Crippen molar-refractivity contribution >= 4 is 39.9 Å². The van der Waals surface area contributed by atoms with Gasteiger partial charge in [-0.2, -0.15) is 9.78 Å². The van der Waals surface area contributed by atoms with Gasteiger partial charge in [-0.15, -0.1) is 5.10 Å². The fourth-order valence-corrected chi connectivity index (χ4v) is 3.52. The summed E-state index contributed by atoms with van der Waals surface area (Å²) in [5, 5.41) is 23.0. The minimum Gasteiger partial charge on any atom is -0.465 e. The lowest BCUT2D eigenvalue weighted by Gasteiger charge is -2.13. The molecule has 2 aromatic heterocycles. The van der Waals surface area contributed by atoms with Crippen molar-refractivity contribution in [2.24, 2.45) is 0 Å². The molecule has 5 rings (SSSR count). The lowest BCUT2D eigenvalue weighted by molar-refractivity contribution is 0.203. The Labute approximate surface area is 198 Å². The molecule has 10 heteroatoms. The van der Waals surface area contributed by atoms with E-state index in [1.165, 1.54) is 11.6 Å². The van der Waals surface area contributed by atoms with Gasteiger partial charge in [-0.1, -0.05) is 48.0 Å². The first-order valence-corrected chi connectivity index (χ1v) is 10.4. The van der Waals surface area contributed by atoms with Crippen LogP contribution in [0.5, 0.6) is 0 Å². The first kappa shape index (κ1) is 22.5. The van der Waals surface area contributed by atoms with Crippen LogP contribution < -0.4 is 10.6 Å². The zero-order valence-corrected chi connectivity index (χ0v) is 18.6. The van der Waals surface area contributed by atoms with E-state index >= 15 is 0 Å². The maximum atomic E-state index is 12.1. The first-order valence-electron chi connectivity index (χ1n) is 9.99. The van der Waals surface area contributed by atoms with Crippen LogP contribution in [0.2, 0.25) is 5.02 Å². The summed E-state index contributed by atoms with van der Waals surface area (Å²) in [5.41, 5.74) is 2.38. The highest BCUT2D eigenvalue weighted by Crippen LogP contribution is 2.26. The Morgan fingerprint density at radius 3 is 2.50 bits per heavy atom. The average Bonchev–Trinajstić information content (AvgIpc) is 3.30. The number of carbonyl (C=O) groups is 1. The largest absolute Gasteiger partial charge is 0.465 e. The summed E-state index contributed by atoms with van der Waals surface area (Å²) < 4.78 is 1.26. The van der Waals surface area contributed by atoms with Crippen molar-refractivity contribution in [1.29, 1.82) is 5.26 Å². The fraction of sp³-hybridized carbons (Fsp3) is 0.0417. The number of benzene rings is 3. The van der Waals surface area contributed by atoms with Crippen molar-refractivity contribution in [3.8, 4) is 17.5 Å². The van der Waals surface area contributed by atoms with Crippen LogP contribution >= 0.6 is 11.6 Å². The third-order valence-corrected chi connectivity index (χ3v) is 5.33. The number of hydrogen-bond acceptors (Lipinski definition) is 5.